The average molecular weight is 293 g/mol. The molecule has 1 aromatic carbocycles. The summed E-state index contributed by atoms with van der Waals surface area (Å²) in [5, 5.41) is 0.460. The molecule has 0 radical (unpaired) electrons. The predicted octanol–water partition coefficient (Wildman–Crippen LogP) is 1.11. The fourth-order valence-electron chi connectivity index (χ4n) is 1.49. The number of halogens is 1. The largest absolute Gasteiger partial charge is 0.383 e. The molecule has 0 saturated heterocycles. The lowest BCUT2D eigenvalue weighted by Gasteiger charge is -2.14. The van der Waals surface area contributed by atoms with E-state index in [1.165, 1.54) is 25.3 Å². The minimum Gasteiger partial charge on any atom is -0.383 e. The zero-order chi connectivity index (χ0) is 13.8. The van der Waals surface area contributed by atoms with Crippen LogP contribution in [0.25, 0.3) is 0 Å². The third-order valence-corrected chi connectivity index (χ3v) is 4.28. The Morgan fingerprint density at radius 1 is 1.50 bits per heavy atom. The van der Waals surface area contributed by atoms with E-state index < -0.39 is 10.0 Å². The van der Waals surface area contributed by atoms with Gasteiger partial charge >= 0.3 is 0 Å². The molecule has 0 aliphatic carbocycles. The lowest BCUT2D eigenvalue weighted by Crippen LogP contribution is -2.35. The van der Waals surface area contributed by atoms with E-state index in [0.29, 0.717) is 17.2 Å². The molecule has 18 heavy (non-hydrogen) atoms. The van der Waals surface area contributed by atoms with Gasteiger partial charge in [0.05, 0.1) is 11.5 Å². The van der Waals surface area contributed by atoms with Crippen molar-refractivity contribution < 1.29 is 13.2 Å². The summed E-state index contributed by atoms with van der Waals surface area (Å²) in [6.45, 7) is 2.22. The van der Waals surface area contributed by atoms with Gasteiger partial charge in [-0.2, -0.15) is 0 Å². The fourth-order valence-corrected chi connectivity index (χ4v) is 2.96. The van der Waals surface area contributed by atoms with Crippen molar-refractivity contribution in [1.29, 1.82) is 0 Å². The van der Waals surface area contributed by atoms with Crippen LogP contribution in [0.5, 0.6) is 0 Å². The number of rotatable bonds is 6. The zero-order valence-corrected chi connectivity index (χ0v) is 11.9. The lowest BCUT2D eigenvalue weighted by atomic mass is 10.2. The molecule has 0 bridgehead atoms. The zero-order valence-electron chi connectivity index (χ0n) is 10.3. The van der Waals surface area contributed by atoms with Crippen LogP contribution in [0.15, 0.2) is 23.1 Å². The molecule has 0 fully saturated rings. The topological polar surface area (TPSA) is 81.4 Å². The Kier molecular flexibility index (Phi) is 5.55. The van der Waals surface area contributed by atoms with E-state index in [0.717, 1.165) is 0 Å². The highest BCUT2D eigenvalue weighted by molar-refractivity contribution is 7.89. The fraction of sp³-hybridized carbons (Fsp3) is 0.455. The minimum absolute atomic E-state index is 0.148. The Bertz CT molecular complexity index is 505. The molecule has 5 nitrogen and oxygen atoms in total. The van der Waals surface area contributed by atoms with Gasteiger partial charge in [0.1, 0.15) is 0 Å². The summed E-state index contributed by atoms with van der Waals surface area (Å²) in [6, 6.07) is 4.14. The van der Waals surface area contributed by atoms with Crippen LogP contribution in [0.3, 0.4) is 0 Å². The van der Waals surface area contributed by atoms with Crippen molar-refractivity contribution in [3.8, 4) is 0 Å². The molecule has 0 heterocycles. The molecule has 1 atom stereocenters. The summed E-state index contributed by atoms with van der Waals surface area (Å²) in [4.78, 5) is 0.148. The molecule has 102 valence electrons. The van der Waals surface area contributed by atoms with Crippen molar-refractivity contribution >= 4 is 21.6 Å². The smallest absolute Gasteiger partial charge is 0.240 e. The number of ether oxygens (including phenoxy) is 1. The van der Waals surface area contributed by atoms with Gasteiger partial charge in [0.15, 0.2) is 0 Å². The maximum Gasteiger partial charge on any atom is 0.240 e. The van der Waals surface area contributed by atoms with Crippen LogP contribution in [0.1, 0.15) is 12.5 Å². The van der Waals surface area contributed by atoms with E-state index in [4.69, 9.17) is 22.1 Å². The third kappa shape index (κ3) is 3.93. The first-order valence-corrected chi connectivity index (χ1v) is 7.26. The van der Waals surface area contributed by atoms with Crippen molar-refractivity contribution in [2.24, 2.45) is 5.73 Å². The molecule has 1 aromatic rings. The predicted molar refractivity (Wildman–Crippen MR) is 71.0 cm³/mol. The van der Waals surface area contributed by atoms with E-state index in [1.54, 1.807) is 6.92 Å². The van der Waals surface area contributed by atoms with Crippen LogP contribution >= 0.6 is 11.6 Å². The molecule has 0 aromatic heterocycles. The Labute approximate surface area is 112 Å². The summed E-state index contributed by atoms with van der Waals surface area (Å²) in [7, 11) is -2.06. The summed E-state index contributed by atoms with van der Waals surface area (Å²) in [5.74, 6) is 0. The maximum absolute atomic E-state index is 12.0. The first-order valence-electron chi connectivity index (χ1n) is 5.40. The number of nitrogens with one attached hydrogen (secondary N) is 1. The monoisotopic (exact) mass is 292 g/mol. The van der Waals surface area contributed by atoms with E-state index >= 15 is 0 Å². The highest BCUT2D eigenvalue weighted by Crippen LogP contribution is 2.20. The van der Waals surface area contributed by atoms with Crippen molar-refractivity contribution in [2.75, 3.05) is 13.7 Å². The average Bonchev–Trinajstić information content (AvgIpc) is 2.28. The van der Waals surface area contributed by atoms with E-state index in [1.807, 2.05) is 0 Å². The number of hydrogen-bond acceptors (Lipinski definition) is 4. The van der Waals surface area contributed by atoms with Gasteiger partial charge in [0, 0.05) is 24.7 Å². The molecule has 0 spiro atoms. The molecule has 1 rings (SSSR count). The number of nitrogens with two attached hydrogens (primary N) is 1. The van der Waals surface area contributed by atoms with Crippen LogP contribution in [0.2, 0.25) is 5.02 Å². The molecule has 7 heteroatoms. The molecule has 0 aliphatic rings. The second-order valence-electron chi connectivity index (χ2n) is 3.94. The van der Waals surface area contributed by atoms with Crippen molar-refractivity contribution in [2.45, 2.75) is 24.4 Å². The van der Waals surface area contributed by atoms with Gasteiger partial charge in [0.2, 0.25) is 10.0 Å². The second-order valence-corrected chi connectivity index (χ2v) is 6.06. The highest BCUT2D eigenvalue weighted by Gasteiger charge is 2.18. The van der Waals surface area contributed by atoms with Gasteiger partial charge in [-0.25, -0.2) is 13.1 Å². The van der Waals surface area contributed by atoms with Crippen molar-refractivity contribution in [3.63, 3.8) is 0 Å². The number of sulfonamides is 1. The van der Waals surface area contributed by atoms with Gasteiger partial charge in [-0.1, -0.05) is 11.6 Å². The first-order chi connectivity index (χ1) is 8.40. The lowest BCUT2D eigenvalue weighted by molar-refractivity contribution is 0.180. The highest BCUT2D eigenvalue weighted by atomic mass is 35.5. The summed E-state index contributed by atoms with van der Waals surface area (Å²) >= 11 is 5.89. The molecule has 0 saturated carbocycles. The van der Waals surface area contributed by atoms with Crippen molar-refractivity contribution in [3.05, 3.63) is 28.8 Å². The number of methoxy groups -OCH3 is 1. The normalized spacial score (nSPS) is 13.6. The first kappa shape index (κ1) is 15.4. The van der Waals surface area contributed by atoms with Gasteiger partial charge in [-0.15, -0.1) is 0 Å². The van der Waals surface area contributed by atoms with Crippen LogP contribution < -0.4 is 10.5 Å². The summed E-state index contributed by atoms with van der Waals surface area (Å²) < 4.78 is 31.5. The Morgan fingerprint density at radius 2 is 2.17 bits per heavy atom. The second kappa shape index (κ2) is 6.49. The Balaban J connectivity index is 2.98. The standard InChI is InChI=1S/C11H17ClN2O3S/c1-8(7-17-2)14-18(15,16)10-3-4-11(12)9(5-10)6-13/h3-5,8,14H,6-7,13H2,1-2H3. The van der Waals surface area contributed by atoms with E-state index in [9.17, 15) is 8.42 Å². The molecule has 3 N–H and O–H groups in total. The van der Waals surface area contributed by atoms with E-state index in [2.05, 4.69) is 4.72 Å². The van der Waals surface area contributed by atoms with Gasteiger partial charge < -0.3 is 10.5 Å². The van der Waals surface area contributed by atoms with Crippen LogP contribution in [0, 0.1) is 0 Å². The van der Waals surface area contributed by atoms with Gasteiger partial charge in [-0.3, -0.25) is 0 Å². The molecule has 1 unspecified atom stereocenters. The van der Waals surface area contributed by atoms with E-state index in [-0.39, 0.29) is 17.5 Å². The van der Waals surface area contributed by atoms with Crippen LogP contribution in [-0.4, -0.2) is 28.2 Å². The summed E-state index contributed by atoms with van der Waals surface area (Å²) in [5.41, 5.74) is 6.09. The Hall–Kier alpha value is -0.660. The van der Waals surface area contributed by atoms with Gasteiger partial charge in [-0.05, 0) is 30.7 Å². The molecular formula is C11H17ClN2O3S. The van der Waals surface area contributed by atoms with Gasteiger partial charge in [0.25, 0.3) is 0 Å². The Morgan fingerprint density at radius 3 is 2.72 bits per heavy atom. The minimum atomic E-state index is -3.58. The van der Waals surface area contributed by atoms with Crippen LogP contribution in [0.4, 0.5) is 0 Å². The molecule has 0 amide bonds. The third-order valence-electron chi connectivity index (χ3n) is 2.32. The van der Waals surface area contributed by atoms with Crippen molar-refractivity contribution in [1.82, 2.24) is 4.72 Å². The molecule has 0 aliphatic heterocycles. The van der Waals surface area contributed by atoms with Crippen LogP contribution in [-0.2, 0) is 21.3 Å². The summed E-state index contributed by atoms with van der Waals surface area (Å²) in [6.07, 6.45) is 0. The number of benzene rings is 1. The SMILES string of the molecule is COCC(C)NS(=O)(=O)c1ccc(Cl)c(CN)c1. The number of hydrogen-bond donors (Lipinski definition) is 2. The quantitative estimate of drug-likeness (QED) is 0.823. The molecular weight excluding hydrogens is 276 g/mol. The maximum atomic E-state index is 12.0.